The molecule has 6 fully saturated rings. The highest BCUT2D eigenvalue weighted by molar-refractivity contribution is 6.00. The molecular weight excluding hydrogens is 1960 g/mol. The third-order valence-electron chi connectivity index (χ3n) is 27.1. The molecule has 6 saturated heterocycles. The molecule has 17 bridgehead atoms. The molecule has 19 rings (SSSR count). The predicted octanol–water partition coefficient (Wildman–Crippen LogP) is -6.50. The number of aromatic hydroxyl groups is 4. The van der Waals surface area contributed by atoms with E-state index < -0.39 is 386 Å². The van der Waals surface area contributed by atoms with Gasteiger partial charge in [0.2, 0.25) is 53.8 Å². The van der Waals surface area contributed by atoms with E-state index in [1.807, 2.05) is 0 Å². The predicted molar refractivity (Wildman–Crippen MR) is 483 cm³/mol. The lowest BCUT2D eigenvalue weighted by Gasteiger charge is -2.48. The van der Waals surface area contributed by atoms with Crippen LogP contribution in [0.25, 0.3) is 11.1 Å². The molecule has 0 radical (unpaired) electrons. The smallest absolute Gasteiger partial charge is 0.333 e. The number of carbonyl (C=O) groups is 7. The van der Waals surface area contributed by atoms with Gasteiger partial charge in [-0.15, -0.1) is 0 Å². The van der Waals surface area contributed by atoms with E-state index in [1.54, 1.807) is 0 Å². The van der Waals surface area contributed by atoms with E-state index in [4.69, 9.17) is 87.3 Å². The first-order valence-electron chi connectivity index (χ1n) is 46.4. The van der Waals surface area contributed by atoms with Crippen LogP contribution in [0, 0.1) is 6.92 Å². The highest BCUT2D eigenvalue weighted by Gasteiger charge is 2.57. The van der Waals surface area contributed by atoms with Crippen molar-refractivity contribution in [1.29, 1.82) is 0 Å². The van der Waals surface area contributed by atoms with Gasteiger partial charge in [0.15, 0.2) is 60.3 Å². The Bertz CT molecular complexity index is 6010. The van der Waals surface area contributed by atoms with Gasteiger partial charge in [-0.25, -0.2) is 4.79 Å². The van der Waals surface area contributed by atoms with Gasteiger partial charge in [0.25, 0.3) is 0 Å². The molecule has 31 N–H and O–H groups in total. The van der Waals surface area contributed by atoms with Crippen LogP contribution in [0.2, 0.25) is 0 Å². The Morgan fingerprint density at radius 3 is 1.59 bits per heavy atom. The first kappa shape index (κ1) is 106. The zero-order valence-electron chi connectivity index (χ0n) is 77.9. The first-order valence-corrected chi connectivity index (χ1v) is 46.4. The summed E-state index contributed by atoms with van der Waals surface area (Å²) in [5.74, 6) is -17.8. The molecule has 147 heavy (non-hydrogen) atoms. The number of hydrogen-bond acceptors (Lipinski definition) is 46. The molecule has 12 heterocycles. The van der Waals surface area contributed by atoms with Gasteiger partial charge in [0, 0.05) is 40.8 Å². The fourth-order valence-electron chi connectivity index (χ4n) is 18.6. The molecule has 7 aromatic rings. The second-order valence-corrected chi connectivity index (χ2v) is 36.9. The molecule has 0 spiro atoms. The topological polar surface area (TPSA) is 816 Å². The zero-order valence-corrected chi connectivity index (χ0v) is 77.9. The van der Waals surface area contributed by atoms with Gasteiger partial charge < -0.3 is 226 Å². The normalized spacial score (nSPS) is 36.2. The van der Waals surface area contributed by atoms with Crippen molar-refractivity contribution < 1.29 is 217 Å². The van der Waals surface area contributed by atoms with Crippen molar-refractivity contribution in [2.45, 2.75) is 254 Å². The lowest BCUT2D eigenvalue weighted by Crippen LogP contribution is -2.67. The number of phenolic OH excluding ortho intramolecular Hbond substituents is 4. The summed E-state index contributed by atoms with van der Waals surface area (Å²) in [6.07, 6.45) is -58.6. The van der Waals surface area contributed by atoms with Gasteiger partial charge in [-0.05, 0) is 133 Å². The summed E-state index contributed by atoms with van der Waals surface area (Å²) in [6.45, 7) is 0.141. The van der Waals surface area contributed by atoms with Crippen LogP contribution in [0.15, 0.2) is 121 Å². The summed E-state index contributed by atoms with van der Waals surface area (Å²) >= 11 is 0. The number of rotatable bonds is 16. The summed E-state index contributed by atoms with van der Waals surface area (Å²) in [4.78, 5) is 113. The Morgan fingerprint density at radius 2 is 0.946 bits per heavy atom. The molecule has 37 atom stereocenters. The van der Waals surface area contributed by atoms with Gasteiger partial charge in [0.1, 0.15) is 192 Å². The molecule has 2 unspecified atom stereocenters. The van der Waals surface area contributed by atoms with Crippen LogP contribution in [-0.2, 0) is 85.7 Å². The maximum Gasteiger partial charge on any atom is 0.333 e. The summed E-state index contributed by atoms with van der Waals surface area (Å²) in [5.41, 5.74) is 9.22. The van der Waals surface area contributed by atoms with Crippen LogP contribution in [-0.4, -0.2) is 366 Å². The summed E-state index contributed by atoms with van der Waals surface area (Å²) in [5, 5.41) is 257. The van der Waals surface area contributed by atoms with Crippen molar-refractivity contribution in [3.63, 3.8) is 0 Å². The molecule has 0 aliphatic carbocycles. The Morgan fingerprint density at radius 1 is 0.429 bits per heavy atom. The van der Waals surface area contributed by atoms with Crippen molar-refractivity contribution in [2.75, 3.05) is 33.5 Å². The summed E-state index contributed by atoms with van der Waals surface area (Å²) in [6, 6.07) is 4.22. The Labute approximate surface area is 831 Å². The first-order chi connectivity index (χ1) is 70.0. The number of aliphatic hydroxyl groups excluding tert-OH is 17. The number of aliphatic hydroxyl groups is 17. The number of carbonyl (C=O) groups excluding carboxylic acids is 7. The van der Waals surface area contributed by atoms with E-state index in [0.717, 1.165) is 98.1 Å². The highest BCUT2D eigenvalue weighted by Crippen LogP contribution is 2.51. The van der Waals surface area contributed by atoms with Gasteiger partial charge >= 0.3 is 5.97 Å². The van der Waals surface area contributed by atoms with Gasteiger partial charge in [-0.3, -0.25) is 28.8 Å². The van der Waals surface area contributed by atoms with E-state index in [0.29, 0.717) is 0 Å². The quantitative estimate of drug-likeness (QED) is 0.0400. The van der Waals surface area contributed by atoms with Crippen LogP contribution in [0.5, 0.6) is 69.0 Å². The molecule has 12 aliphatic heterocycles. The van der Waals surface area contributed by atoms with E-state index in [2.05, 4.69) is 31.9 Å². The van der Waals surface area contributed by atoms with Crippen molar-refractivity contribution >= 4 is 41.4 Å². The second-order valence-electron chi connectivity index (χ2n) is 36.9. The van der Waals surface area contributed by atoms with Crippen molar-refractivity contribution in [3.8, 4) is 80.1 Å². The van der Waals surface area contributed by atoms with Crippen LogP contribution in [0.1, 0.15) is 107 Å². The largest absolute Gasteiger partial charge is 0.508 e. The average Bonchev–Trinajstić information content (AvgIpc) is 0.742. The number of nitrogens with one attached hydrogen (secondary N) is 6. The number of esters is 1. The Hall–Kier alpha value is -12.1. The van der Waals surface area contributed by atoms with E-state index >= 15 is 24.0 Å². The minimum Gasteiger partial charge on any atom is -0.508 e. The van der Waals surface area contributed by atoms with Crippen LogP contribution in [0.3, 0.4) is 0 Å². The fraction of sp³-hybridized carbons (Fsp3) is 0.484. The molecule has 794 valence electrons. The number of benzene rings is 7. The lowest BCUT2D eigenvalue weighted by molar-refractivity contribution is -0.385. The van der Waals surface area contributed by atoms with Gasteiger partial charge in [0.05, 0.1) is 51.8 Å². The van der Waals surface area contributed by atoms with E-state index in [9.17, 15) is 117 Å². The maximum atomic E-state index is 17.3. The molecule has 6 amide bonds. The molecule has 0 saturated carbocycles. The highest BCUT2D eigenvalue weighted by atomic mass is 16.8. The Balaban J connectivity index is 0.908. The van der Waals surface area contributed by atoms with Gasteiger partial charge in [-0.1, -0.05) is 36.4 Å². The third kappa shape index (κ3) is 21.4. The zero-order chi connectivity index (χ0) is 105. The standard InChI is InChI=1S/C95H110N8O44/c1-30-47(109)18-37-20-49(30)139-50-19-35(9-16-46(50)108)59(97)84(125)102-64-68(113)33-5-11-40(12-6-33)137-52-21-38-22-53(81(52)145-95-83(76(121)72(117)56(143-95)29-134-91-78(123)73(118)67(112)32(3)136-91)147-94-82(75(120)71(116)55(27-105)142-94)146-92-77(122)69(114)48(110)28-133-92)138-41-13-7-34(8-14-41)80(144-57-25-44(96)66(111)31(2)135-57)65-89(130)101-63(90(131)132-4)43-23-39(106)24-51(140-93-79(124)74(119)70(115)54(26-104)141-93)58(43)42-17-36(10-15-45(42)107)60(85(126)103-65)98-87(128)62(38)99-86(127)61(37)100-88(64)129/h5-24,31-32,44,48,54-57,59-80,82-83,91-95,104-124H,25-29,96-97H2,1-4H3,(H,98,128)(H,99,127)(H,100,129)(H,101,130)(H,102,125)(H,103,126)/t31-,32-,44+,48+,54+,55-,56+,57+,59+,60+,61-,62+,63?,64+,65-,66-,67-,68+,69+,70+,71-,72+,73+,74-,75+,76-,77-,78+,79-,80+,82+,83+,91?,92-,93+,94-,95-/m0/s1. The summed E-state index contributed by atoms with van der Waals surface area (Å²) < 4.78 is 99.8. The van der Waals surface area contributed by atoms with E-state index in [1.165, 1.54) is 51.1 Å². The maximum absolute atomic E-state index is 17.3. The van der Waals surface area contributed by atoms with Crippen LogP contribution >= 0.6 is 0 Å². The number of ether oxygens (including phenoxy) is 16. The SMILES string of the molecule is COC(=O)C1NC(=O)[C@H]2NC(=O)[C@H](NC(=O)[C@@H]3NC(=O)[C@H]4NC(=O)[C@H](NC(=O)[C@H](N)c5ccc(O)c(c5)Oc5cc4cc(O)c5C)[C@H](O)c4ccc(cc4)Oc4cc3cc(c4O[C@@H]3O[C@H](COC4O[C@@H](C)[C@H](O)[C@@H](O)[C@H]4O)[C@@H](O)[C@H](O)[C@H]3O[C@@H]3O[C@@H](CO)[C@H](O)[C@@H](O)[C@H]3O[C@@H]3OC[C@@H](O)[C@@H](O)[C@@H]3O)Oc3ccc(cc3)[C@H]2O[C@@H]2C[C@@H](N)[C@@H](O)[C@H](C)O2)c2ccc(O)c(c2)-c2c(O[C@@H]3O[C@H](CO)[C@@H](O)[C@H](O)[C@@H]3O)cc(O)cc21. The van der Waals surface area contributed by atoms with Crippen molar-refractivity contribution in [2.24, 2.45) is 11.5 Å². The monoisotopic (exact) mass is 2070 g/mol. The summed E-state index contributed by atoms with van der Waals surface area (Å²) in [7, 11) is 0.873. The second kappa shape index (κ2) is 43.6. The fourth-order valence-corrected chi connectivity index (χ4v) is 18.6. The molecule has 0 aromatic heterocycles. The number of nitrogens with two attached hydrogens (primary N) is 2. The molecule has 52 nitrogen and oxygen atoms in total. The minimum absolute atomic E-state index is 0.0673. The molecule has 12 aliphatic rings. The number of amides is 6. The number of phenols is 4. The van der Waals surface area contributed by atoms with Crippen molar-refractivity contribution in [3.05, 3.63) is 166 Å². The number of hydrogen-bond donors (Lipinski definition) is 29. The van der Waals surface area contributed by atoms with Crippen LogP contribution < -0.4 is 67.1 Å². The average molecular weight is 2070 g/mol. The molecule has 52 heteroatoms. The van der Waals surface area contributed by atoms with Gasteiger partial charge in [-0.2, -0.15) is 0 Å². The van der Waals surface area contributed by atoms with E-state index in [-0.39, 0.29) is 39.5 Å². The number of fused-ring (bicyclic) bond motifs is 14. The number of methoxy groups -OCH3 is 1. The lowest BCUT2D eigenvalue weighted by atomic mass is 9.89. The van der Waals surface area contributed by atoms with Crippen molar-refractivity contribution in [1.82, 2.24) is 31.9 Å². The van der Waals surface area contributed by atoms with Crippen LogP contribution in [0.4, 0.5) is 0 Å². The molecular formula is C95H110N8O44. The third-order valence-corrected chi connectivity index (χ3v) is 27.1. The Kier molecular flexibility index (Phi) is 31.5. The minimum atomic E-state index is -2.60. The molecule has 7 aromatic carbocycles.